The van der Waals surface area contributed by atoms with E-state index in [4.69, 9.17) is 5.84 Å². The second kappa shape index (κ2) is 5.10. The first-order chi connectivity index (χ1) is 8.97. The Hall–Kier alpha value is -1.73. The first-order valence-corrected chi connectivity index (χ1v) is 6.77. The van der Waals surface area contributed by atoms with E-state index in [0.29, 0.717) is 10.4 Å². The first-order valence-electron chi connectivity index (χ1n) is 5.90. The summed E-state index contributed by atoms with van der Waals surface area (Å²) in [5.74, 6) is 3.69. The maximum atomic E-state index is 12.0. The molecule has 2 rings (SSSR count). The largest absolute Gasteiger partial charge is 0.289 e. The summed E-state index contributed by atoms with van der Waals surface area (Å²) in [5.41, 5.74) is 2.69. The molecule has 7 heteroatoms. The molecule has 0 aromatic carbocycles. The number of amides is 3. The van der Waals surface area contributed by atoms with Crippen molar-refractivity contribution in [1.29, 1.82) is 0 Å². The lowest BCUT2D eigenvalue weighted by molar-refractivity contribution is -0.140. The Bertz CT molecular complexity index is 520. The molecule has 19 heavy (non-hydrogen) atoms. The van der Waals surface area contributed by atoms with Crippen molar-refractivity contribution < 1.29 is 14.4 Å². The summed E-state index contributed by atoms with van der Waals surface area (Å²) >= 11 is 1.23. The molecule has 1 aliphatic rings. The molecule has 1 aliphatic heterocycles. The summed E-state index contributed by atoms with van der Waals surface area (Å²) in [4.78, 5) is 37.2. The molecular formula is C12H15N3O3S. The number of hydrogen-bond donors (Lipinski definition) is 2. The Morgan fingerprint density at radius 1 is 1.37 bits per heavy atom. The average molecular weight is 281 g/mol. The monoisotopic (exact) mass is 281 g/mol. The van der Waals surface area contributed by atoms with Gasteiger partial charge in [0.25, 0.3) is 5.91 Å². The molecule has 2 heterocycles. The molecule has 3 N–H and O–H groups in total. The minimum Gasteiger partial charge on any atom is -0.289 e. The topological polar surface area (TPSA) is 92.5 Å². The number of carbonyl (C=O) groups excluding carboxylic acids is 3. The van der Waals surface area contributed by atoms with E-state index in [2.05, 4.69) is 5.43 Å². The number of nitrogens with zero attached hydrogens (tertiary/aromatic N) is 1. The molecule has 1 fully saturated rings. The van der Waals surface area contributed by atoms with Gasteiger partial charge in [0.15, 0.2) is 0 Å². The standard InChI is InChI=1S/C12H15N3O3S/c1-6-7(2)12(18)15(11(6)17)5-8-3-4-19-9(8)10(16)14-13/h3-4,6-7H,5,13H2,1-2H3,(H,14,16). The normalized spacial score (nSPS) is 23.0. The number of thiophene rings is 1. The molecule has 3 amide bonds. The highest BCUT2D eigenvalue weighted by molar-refractivity contribution is 7.12. The Kier molecular flexibility index (Phi) is 3.68. The van der Waals surface area contributed by atoms with Gasteiger partial charge in [-0.1, -0.05) is 13.8 Å². The molecule has 0 aliphatic carbocycles. The molecule has 1 aromatic heterocycles. The number of nitrogen functional groups attached to an aromatic ring is 1. The smallest absolute Gasteiger partial charge is 0.275 e. The van der Waals surface area contributed by atoms with Crippen LogP contribution in [0, 0.1) is 11.8 Å². The van der Waals surface area contributed by atoms with Crippen molar-refractivity contribution in [3.8, 4) is 0 Å². The minimum absolute atomic E-state index is 0.124. The van der Waals surface area contributed by atoms with Gasteiger partial charge < -0.3 is 0 Å². The van der Waals surface area contributed by atoms with Crippen LogP contribution in [-0.4, -0.2) is 22.6 Å². The zero-order valence-electron chi connectivity index (χ0n) is 10.7. The quantitative estimate of drug-likeness (QED) is 0.365. The van der Waals surface area contributed by atoms with E-state index in [1.54, 1.807) is 25.3 Å². The summed E-state index contributed by atoms with van der Waals surface area (Å²) < 4.78 is 0. The van der Waals surface area contributed by atoms with Crippen LogP contribution in [-0.2, 0) is 16.1 Å². The lowest BCUT2D eigenvalue weighted by Gasteiger charge is -2.14. The second-order valence-electron chi connectivity index (χ2n) is 4.59. The predicted octanol–water partition coefficient (Wildman–Crippen LogP) is 0.493. The van der Waals surface area contributed by atoms with E-state index in [1.807, 2.05) is 0 Å². The molecule has 2 unspecified atom stereocenters. The van der Waals surface area contributed by atoms with Crippen LogP contribution in [0.3, 0.4) is 0 Å². The maximum Gasteiger partial charge on any atom is 0.275 e. The van der Waals surface area contributed by atoms with Crippen molar-refractivity contribution in [2.24, 2.45) is 17.7 Å². The van der Waals surface area contributed by atoms with Gasteiger partial charge in [0.05, 0.1) is 11.4 Å². The van der Waals surface area contributed by atoms with Gasteiger partial charge in [-0.15, -0.1) is 11.3 Å². The van der Waals surface area contributed by atoms with Crippen molar-refractivity contribution in [1.82, 2.24) is 10.3 Å². The van der Waals surface area contributed by atoms with Crippen LogP contribution >= 0.6 is 11.3 Å². The lowest BCUT2D eigenvalue weighted by atomic mass is 10.00. The molecule has 6 nitrogen and oxygen atoms in total. The summed E-state index contributed by atoms with van der Waals surface area (Å²) in [7, 11) is 0. The van der Waals surface area contributed by atoms with Crippen molar-refractivity contribution in [2.45, 2.75) is 20.4 Å². The highest BCUT2D eigenvalue weighted by atomic mass is 32.1. The first kappa shape index (κ1) is 13.7. The fourth-order valence-electron chi connectivity index (χ4n) is 2.08. The predicted molar refractivity (Wildman–Crippen MR) is 69.9 cm³/mol. The molecule has 0 spiro atoms. The van der Waals surface area contributed by atoms with Crippen LogP contribution in [0.4, 0.5) is 0 Å². The molecule has 1 saturated heterocycles. The van der Waals surface area contributed by atoms with Crippen LogP contribution in [0.2, 0.25) is 0 Å². The number of likely N-dealkylation sites (tertiary alicyclic amines) is 1. The van der Waals surface area contributed by atoms with E-state index < -0.39 is 5.91 Å². The second-order valence-corrected chi connectivity index (χ2v) is 5.50. The van der Waals surface area contributed by atoms with Gasteiger partial charge in [-0.05, 0) is 17.0 Å². The fraction of sp³-hybridized carbons (Fsp3) is 0.417. The number of nitrogens with one attached hydrogen (secondary N) is 1. The number of nitrogens with two attached hydrogens (primary N) is 1. The number of hydrogen-bond acceptors (Lipinski definition) is 5. The SMILES string of the molecule is CC1C(=O)N(Cc2ccsc2C(=O)NN)C(=O)C1C. The van der Waals surface area contributed by atoms with Gasteiger partial charge in [0, 0.05) is 11.8 Å². The summed E-state index contributed by atoms with van der Waals surface area (Å²) in [6, 6.07) is 1.73. The Balaban J connectivity index is 2.23. The highest BCUT2D eigenvalue weighted by Crippen LogP contribution is 2.28. The highest BCUT2D eigenvalue weighted by Gasteiger charge is 2.42. The summed E-state index contributed by atoms with van der Waals surface area (Å²) in [6.45, 7) is 3.61. The van der Waals surface area contributed by atoms with Crippen molar-refractivity contribution in [2.75, 3.05) is 0 Å². The third-order valence-electron chi connectivity index (χ3n) is 3.47. The molecule has 1 aromatic rings. The molecule has 0 radical (unpaired) electrons. The van der Waals surface area contributed by atoms with Gasteiger partial charge >= 0.3 is 0 Å². The summed E-state index contributed by atoms with van der Waals surface area (Å²) in [5, 5.41) is 1.73. The molecule has 0 bridgehead atoms. The van der Waals surface area contributed by atoms with E-state index in [1.165, 1.54) is 16.2 Å². The zero-order valence-corrected chi connectivity index (χ0v) is 11.5. The molecule has 0 saturated carbocycles. The Labute approximate surface area is 114 Å². The summed E-state index contributed by atoms with van der Waals surface area (Å²) in [6.07, 6.45) is 0. The van der Waals surface area contributed by atoms with Crippen LogP contribution in [0.5, 0.6) is 0 Å². The third kappa shape index (κ3) is 2.26. The van der Waals surface area contributed by atoms with E-state index >= 15 is 0 Å². The molecule has 102 valence electrons. The van der Waals surface area contributed by atoms with Crippen molar-refractivity contribution in [3.63, 3.8) is 0 Å². The van der Waals surface area contributed by atoms with Gasteiger partial charge in [-0.2, -0.15) is 0 Å². The van der Waals surface area contributed by atoms with Crippen molar-refractivity contribution >= 4 is 29.1 Å². The Morgan fingerprint density at radius 2 is 1.95 bits per heavy atom. The number of imide groups is 1. The van der Waals surface area contributed by atoms with Crippen LogP contribution in [0.1, 0.15) is 29.1 Å². The van der Waals surface area contributed by atoms with Crippen molar-refractivity contribution in [3.05, 3.63) is 21.9 Å². The van der Waals surface area contributed by atoms with Gasteiger partial charge in [-0.25, -0.2) is 5.84 Å². The van der Waals surface area contributed by atoms with E-state index in [9.17, 15) is 14.4 Å². The number of hydrazine groups is 1. The lowest BCUT2D eigenvalue weighted by Crippen LogP contribution is -2.33. The molecule has 2 atom stereocenters. The van der Waals surface area contributed by atoms with Gasteiger partial charge in [-0.3, -0.25) is 24.7 Å². The van der Waals surface area contributed by atoms with Crippen LogP contribution < -0.4 is 11.3 Å². The fourth-order valence-corrected chi connectivity index (χ4v) is 2.90. The van der Waals surface area contributed by atoms with Gasteiger partial charge in [0.1, 0.15) is 0 Å². The Morgan fingerprint density at radius 3 is 2.47 bits per heavy atom. The number of carbonyl (C=O) groups is 3. The zero-order chi connectivity index (χ0) is 14.2. The van der Waals surface area contributed by atoms with Gasteiger partial charge in [0.2, 0.25) is 11.8 Å². The van der Waals surface area contributed by atoms with Crippen LogP contribution in [0.15, 0.2) is 11.4 Å². The number of rotatable bonds is 3. The van der Waals surface area contributed by atoms with E-state index in [0.717, 1.165) is 0 Å². The third-order valence-corrected chi connectivity index (χ3v) is 4.43. The maximum absolute atomic E-state index is 12.0. The minimum atomic E-state index is -0.412. The average Bonchev–Trinajstić information content (AvgIpc) is 2.94. The van der Waals surface area contributed by atoms with E-state index in [-0.39, 0.29) is 30.2 Å². The van der Waals surface area contributed by atoms with Crippen LogP contribution in [0.25, 0.3) is 0 Å². The molecular weight excluding hydrogens is 266 g/mol.